The van der Waals surface area contributed by atoms with E-state index in [1.165, 1.54) is 22.5 Å². The number of carbonyl (C=O) groups excluding carboxylic acids is 1. The van der Waals surface area contributed by atoms with Crippen LogP contribution in [-0.4, -0.2) is 59.3 Å². The molecule has 1 saturated heterocycles. The van der Waals surface area contributed by atoms with Gasteiger partial charge in [-0.25, -0.2) is 13.4 Å². The van der Waals surface area contributed by atoms with E-state index >= 15 is 0 Å². The predicted octanol–water partition coefficient (Wildman–Crippen LogP) is 3.94. The average Bonchev–Trinajstić information content (AvgIpc) is 3.09. The average molecular weight is 493 g/mol. The summed E-state index contributed by atoms with van der Waals surface area (Å²) >= 11 is 11.9. The Morgan fingerprint density at radius 2 is 1.69 bits per heavy atom. The van der Waals surface area contributed by atoms with Crippen LogP contribution in [0, 0.1) is 13.8 Å². The summed E-state index contributed by atoms with van der Waals surface area (Å²) in [5, 5.41) is 0.481. The molecule has 10 heteroatoms. The summed E-state index contributed by atoms with van der Waals surface area (Å²) in [5.74, 6) is 0.631. The maximum absolute atomic E-state index is 13.2. The van der Waals surface area contributed by atoms with Gasteiger partial charge in [-0.2, -0.15) is 4.31 Å². The molecule has 2 aromatic heterocycles. The summed E-state index contributed by atoms with van der Waals surface area (Å²) in [7, 11) is -3.72. The summed E-state index contributed by atoms with van der Waals surface area (Å²) in [6.07, 6.45) is 1.71. The first-order chi connectivity index (χ1) is 15.2. The number of nitrogens with zero attached hydrogens (tertiary/aromatic N) is 4. The largest absolute Gasteiger partial charge is 0.336 e. The van der Waals surface area contributed by atoms with Crippen molar-refractivity contribution in [3.8, 4) is 5.82 Å². The topological polar surface area (TPSA) is 75.5 Å². The molecule has 3 heterocycles. The molecule has 4 rings (SSSR count). The number of halogens is 2. The Hall–Kier alpha value is -2.39. The molecular weight excluding hydrogens is 471 g/mol. The second-order valence-electron chi connectivity index (χ2n) is 7.58. The Labute approximate surface area is 197 Å². The molecule has 1 fully saturated rings. The number of aryl methyl sites for hydroxylation is 1. The molecule has 0 saturated carbocycles. The zero-order valence-corrected chi connectivity index (χ0v) is 20.0. The molecule has 1 aliphatic rings. The van der Waals surface area contributed by atoms with Gasteiger partial charge in [0.25, 0.3) is 5.91 Å². The fourth-order valence-corrected chi connectivity index (χ4v) is 5.72. The van der Waals surface area contributed by atoms with Gasteiger partial charge in [-0.1, -0.05) is 29.3 Å². The smallest absolute Gasteiger partial charge is 0.255 e. The van der Waals surface area contributed by atoms with Gasteiger partial charge in [0.1, 0.15) is 5.82 Å². The van der Waals surface area contributed by atoms with Gasteiger partial charge < -0.3 is 9.47 Å². The summed E-state index contributed by atoms with van der Waals surface area (Å²) in [6.45, 7) is 4.82. The van der Waals surface area contributed by atoms with Crippen LogP contribution in [0.4, 0.5) is 0 Å². The maximum atomic E-state index is 13.2. The normalized spacial score (nSPS) is 15.2. The Morgan fingerprint density at radius 3 is 2.31 bits per heavy atom. The third-order valence-corrected chi connectivity index (χ3v) is 8.23. The highest BCUT2D eigenvalue weighted by atomic mass is 35.5. The Morgan fingerprint density at radius 1 is 0.969 bits per heavy atom. The van der Waals surface area contributed by atoms with Crippen molar-refractivity contribution < 1.29 is 13.2 Å². The molecule has 7 nitrogen and oxygen atoms in total. The van der Waals surface area contributed by atoms with Crippen molar-refractivity contribution in [2.45, 2.75) is 18.7 Å². The molecule has 1 amide bonds. The van der Waals surface area contributed by atoms with Crippen LogP contribution in [0.15, 0.2) is 53.6 Å². The van der Waals surface area contributed by atoms with Crippen LogP contribution < -0.4 is 0 Å². The summed E-state index contributed by atoms with van der Waals surface area (Å²) in [6, 6.07) is 11.7. The lowest BCUT2D eigenvalue weighted by atomic mass is 10.2. The Bertz CT molecular complexity index is 1270. The molecule has 0 N–H and O–H groups in total. The van der Waals surface area contributed by atoms with Crippen LogP contribution in [0.25, 0.3) is 5.82 Å². The molecule has 0 radical (unpaired) electrons. The predicted molar refractivity (Wildman–Crippen MR) is 124 cm³/mol. The number of rotatable bonds is 4. The summed E-state index contributed by atoms with van der Waals surface area (Å²) in [5.41, 5.74) is 2.30. The van der Waals surface area contributed by atoms with E-state index < -0.39 is 10.0 Å². The minimum absolute atomic E-state index is 0.0885. The van der Waals surface area contributed by atoms with Crippen LogP contribution in [-0.2, 0) is 10.0 Å². The second kappa shape index (κ2) is 8.86. The van der Waals surface area contributed by atoms with Gasteiger partial charge in [0.2, 0.25) is 10.0 Å². The van der Waals surface area contributed by atoms with Gasteiger partial charge in [-0.3, -0.25) is 4.79 Å². The van der Waals surface area contributed by atoms with Gasteiger partial charge in [-0.15, -0.1) is 0 Å². The van der Waals surface area contributed by atoms with Crippen LogP contribution >= 0.6 is 23.2 Å². The molecule has 3 aromatic rings. The zero-order valence-electron chi connectivity index (χ0n) is 17.6. The van der Waals surface area contributed by atoms with E-state index in [1.54, 1.807) is 11.1 Å². The number of amides is 1. The summed E-state index contributed by atoms with van der Waals surface area (Å²) < 4.78 is 29.2. The number of carbonyl (C=O) groups is 1. The molecule has 0 unspecified atom stereocenters. The van der Waals surface area contributed by atoms with Crippen LogP contribution in [0.5, 0.6) is 0 Å². The molecule has 0 aliphatic carbocycles. The van der Waals surface area contributed by atoms with E-state index in [2.05, 4.69) is 4.98 Å². The van der Waals surface area contributed by atoms with Crippen molar-refractivity contribution in [3.05, 3.63) is 75.7 Å². The van der Waals surface area contributed by atoms with Crippen molar-refractivity contribution in [3.63, 3.8) is 0 Å². The quantitative estimate of drug-likeness (QED) is 0.552. The van der Waals surface area contributed by atoms with Gasteiger partial charge in [0.05, 0.1) is 20.5 Å². The molecule has 1 aliphatic heterocycles. The first-order valence-electron chi connectivity index (χ1n) is 10.0. The SMILES string of the molecule is Cc1cc(C(=O)N2CCN(S(=O)(=O)c3ccc(Cl)c(Cl)c3)CC2)c(C)n1-c1ccccn1. The minimum Gasteiger partial charge on any atom is -0.336 e. The number of benzene rings is 1. The van der Waals surface area contributed by atoms with Gasteiger partial charge in [0, 0.05) is 43.8 Å². The van der Waals surface area contributed by atoms with E-state index in [0.29, 0.717) is 23.7 Å². The highest BCUT2D eigenvalue weighted by molar-refractivity contribution is 7.89. The highest BCUT2D eigenvalue weighted by Gasteiger charge is 2.32. The molecule has 168 valence electrons. The number of piperazine rings is 1. The number of hydrogen-bond acceptors (Lipinski definition) is 4. The molecule has 32 heavy (non-hydrogen) atoms. The Kier molecular flexibility index (Phi) is 6.31. The lowest BCUT2D eigenvalue weighted by Crippen LogP contribution is -2.50. The molecule has 0 atom stereocenters. The molecular formula is C22H22Cl2N4O3S. The van der Waals surface area contributed by atoms with Crippen LogP contribution in [0.3, 0.4) is 0 Å². The van der Waals surface area contributed by atoms with E-state index in [4.69, 9.17) is 23.2 Å². The monoisotopic (exact) mass is 492 g/mol. The third kappa shape index (κ3) is 4.15. The number of hydrogen-bond donors (Lipinski definition) is 0. The lowest BCUT2D eigenvalue weighted by Gasteiger charge is -2.34. The highest BCUT2D eigenvalue weighted by Crippen LogP contribution is 2.27. The van der Waals surface area contributed by atoms with Crippen molar-refractivity contribution in [1.29, 1.82) is 0 Å². The standard InChI is InChI=1S/C22H22Cl2N4O3S/c1-15-13-18(16(2)28(15)21-5-3-4-8-25-21)22(29)26-9-11-27(12-10-26)32(30,31)17-6-7-19(23)20(24)14-17/h3-8,13-14H,9-12H2,1-2H3. The van der Waals surface area contributed by atoms with E-state index in [1.807, 2.05) is 42.7 Å². The zero-order chi connectivity index (χ0) is 23.0. The van der Waals surface area contributed by atoms with Crippen molar-refractivity contribution in [2.24, 2.45) is 0 Å². The lowest BCUT2D eigenvalue weighted by molar-refractivity contribution is 0.0697. The minimum atomic E-state index is -3.72. The second-order valence-corrected chi connectivity index (χ2v) is 10.3. The maximum Gasteiger partial charge on any atom is 0.255 e. The van der Waals surface area contributed by atoms with E-state index in [-0.39, 0.29) is 28.9 Å². The van der Waals surface area contributed by atoms with Crippen LogP contribution in [0.2, 0.25) is 10.0 Å². The molecule has 0 spiro atoms. The van der Waals surface area contributed by atoms with Gasteiger partial charge in [-0.05, 0) is 50.2 Å². The van der Waals surface area contributed by atoms with Crippen LogP contribution in [0.1, 0.15) is 21.7 Å². The number of pyridine rings is 1. The number of sulfonamides is 1. The van der Waals surface area contributed by atoms with Crippen molar-refractivity contribution in [2.75, 3.05) is 26.2 Å². The van der Waals surface area contributed by atoms with Gasteiger partial charge in [0.15, 0.2) is 0 Å². The third-order valence-electron chi connectivity index (χ3n) is 5.59. The molecule has 0 bridgehead atoms. The van der Waals surface area contributed by atoms with E-state index in [0.717, 1.165) is 17.2 Å². The van der Waals surface area contributed by atoms with E-state index in [9.17, 15) is 13.2 Å². The molecule has 1 aromatic carbocycles. The Balaban J connectivity index is 1.50. The summed E-state index contributed by atoms with van der Waals surface area (Å²) in [4.78, 5) is 19.4. The van der Waals surface area contributed by atoms with Crippen molar-refractivity contribution >= 4 is 39.1 Å². The first-order valence-corrected chi connectivity index (χ1v) is 12.2. The fraction of sp³-hybridized carbons (Fsp3) is 0.273. The number of aromatic nitrogens is 2. The van der Waals surface area contributed by atoms with Crippen molar-refractivity contribution in [1.82, 2.24) is 18.8 Å². The van der Waals surface area contributed by atoms with Gasteiger partial charge >= 0.3 is 0 Å². The first kappa shape index (κ1) is 22.8. The fourth-order valence-electron chi connectivity index (χ4n) is 3.91.